The van der Waals surface area contributed by atoms with E-state index in [4.69, 9.17) is 0 Å². The summed E-state index contributed by atoms with van der Waals surface area (Å²) in [5, 5.41) is 0. The molecule has 0 fully saturated rings. The molecule has 0 saturated carbocycles. The molecular weight excluding hydrogens is 398 g/mol. The van der Waals surface area contributed by atoms with Crippen molar-refractivity contribution in [3.05, 3.63) is 67.5 Å². The number of hydrogen-bond acceptors (Lipinski definition) is 1. The van der Waals surface area contributed by atoms with Crippen LogP contribution < -0.4 is 0 Å². The molecule has 0 aliphatic rings. The van der Waals surface area contributed by atoms with Crippen molar-refractivity contribution < 1.29 is 9.18 Å². The van der Waals surface area contributed by atoms with Crippen LogP contribution in [0.2, 0.25) is 0 Å². The summed E-state index contributed by atoms with van der Waals surface area (Å²) in [6, 6.07) is 11.4. The topological polar surface area (TPSA) is 17.1 Å². The third-order valence-electron chi connectivity index (χ3n) is 2.23. The van der Waals surface area contributed by atoms with Gasteiger partial charge in [0.2, 0.25) is 0 Å². The molecule has 0 unspecified atom stereocenters. The third kappa shape index (κ3) is 3.13. The van der Waals surface area contributed by atoms with Gasteiger partial charge in [-0.3, -0.25) is 4.79 Å². The Morgan fingerprint density at radius 2 is 1.71 bits per heavy atom. The number of carbonyl (C=O) groups excluding carboxylic acids is 1. The molecule has 86 valence electrons. The Bertz CT molecular complexity index is 546. The van der Waals surface area contributed by atoms with Crippen LogP contribution in [0.1, 0.15) is 15.9 Å². The second kappa shape index (κ2) is 5.27. The molecule has 2 rings (SSSR count). The molecule has 0 amide bonds. The van der Waals surface area contributed by atoms with Crippen LogP contribution in [-0.4, -0.2) is 5.78 Å². The Hall–Kier alpha value is -0.750. The molecule has 0 atom stereocenters. The second-order valence-electron chi connectivity index (χ2n) is 3.49. The molecule has 2 aromatic rings. The minimum absolute atomic E-state index is 0.179. The minimum Gasteiger partial charge on any atom is -0.289 e. The first-order chi connectivity index (χ1) is 8.06. The summed E-state index contributed by atoms with van der Waals surface area (Å²) in [5.74, 6) is -0.602. The van der Waals surface area contributed by atoms with Crippen LogP contribution in [0.5, 0.6) is 0 Å². The van der Waals surface area contributed by atoms with Crippen LogP contribution >= 0.6 is 38.5 Å². The first-order valence-corrected chi connectivity index (χ1v) is 6.70. The maximum absolute atomic E-state index is 13.2. The molecule has 0 aliphatic carbocycles. The molecular formula is C13H7BrFIO. The molecule has 0 heterocycles. The lowest BCUT2D eigenvalue weighted by atomic mass is 10.0. The van der Waals surface area contributed by atoms with Crippen LogP contribution in [0, 0.1) is 9.39 Å². The minimum atomic E-state index is -0.423. The summed E-state index contributed by atoms with van der Waals surface area (Å²) in [4.78, 5) is 12.1. The van der Waals surface area contributed by atoms with Crippen LogP contribution in [-0.2, 0) is 0 Å². The fraction of sp³-hybridized carbons (Fsp3) is 0. The number of ketones is 1. The van der Waals surface area contributed by atoms with Gasteiger partial charge in [0.25, 0.3) is 0 Å². The van der Waals surface area contributed by atoms with Crippen molar-refractivity contribution in [2.75, 3.05) is 0 Å². The fourth-order valence-electron chi connectivity index (χ4n) is 1.45. The van der Waals surface area contributed by atoms with Gasteiger partial charge >= 0.3 is 0 Å². The smallest absolute Gasteiger partial charge is 0.193 e. The van der Waals surface area contributed by atoms with Crippen molar-refractivity contribution in [1.29, 1.82) is 0 Å². The highest BCUT2D eigenvalue weighted by atomic mass is 127. The second-order valence-corrected chi connectivity index (χ2v) is 5.66. The predicted octanol–water partition coefficient (Wildman–Crippen LogP) is 4.42. The number of carbonyl (C=O) groups is 1. The van der Waals surface area contributed by atoms with E-state index in [1.807, 2.05) is 12.1 Å². The first kappa shape index (κ1) is 12.7. The van der Waals surface area contributed by atoms with E-state index in [0.29, 0.717) is 15.6 Å². The largest absolute Gasteiger partial charge is 0.289 e. The Morgan fingerprint density at radius 1 is 1.06 bits per heavy atom. The number of benzene rings is 2. The SMILES string of the molecule is O=C(c1ccc(I)cc1)c1cc(F)cc(Br)c1. The molecule has 0 aliphatic heterocycles. The van der Waals surface area contributed by atoms with Crippen LogP contribution in [0.15, 0.2) is 46.9 Å². The van der Waals surface area contributed by atoms with E-state index in [1.165, 1.54) is 12.1 Å². The van der Waals surface area contributed by atoms with Crippen LogP contribution in [0.4, 0.5) is 4.39 Å². The molecule has 0 radical (unpaired) electrons. The van der Waals surface area contributed by atoms with E-state index in [2.05, 4.69) is 38.5 Å². The molecule has 0 N–H and O–H groups in total. The summed E-state index contributed by atoms with van der Waals surface area (Å²) in [6.45, 7) is 0. The Balaban J connectivity index is 2.40. The Kier molecular flexibility index (Phi) is 3.93. The van der Waals surface area contributed by atoms with E-state index in [-0.39, 0.29) is 5.78 Å². The lowest BCUT2D eigenvalue weighted by Crippen LogP contribution is -2.01. The van der Waals surface area contributed by atoms with Crippen molar-refractivity contribution in [3.8, 4) is 0 Å². The number of rotatable bonds is 2. The molecule has 0 spiro atoms. The van der Waals surface area contributed by atoms with Gasteiger partial charge in [-0.25, -0.2) is 4.39 Å². The van der Waals surface area contributed by atoms with Crippen molar-refractivity contribution in [3.63, 3.8) is 0 Å². The van der Waals surface area contributed by atoms with Gasteiger partial charge in [-0.1, -0.05) is 15.9 Å². The zero-order valence-corrected chi connectivity index (χ0v) is 12.3. The lowest BCUT2D eigenvalue weighted by molar-refractivity contribution is 0.103. The van der Waals surface area contributed by atoms with Gasteiger partial charge < -0.3 is 0 Å². The quantitative estimate of drug-likeness (QED) is 0.534. The van der Waals surface area contributed by atoms with Crippen LogP contribution in [0.25, 0.3) is 0 Å². The Labute approximate surface area is 120 Å². The average molecular weight is 405 g/mol. The van der Waals surface area contributed by atoms with E-state index in [0.717, 1.165) is 3.57 Å². The average Bonchev–Trinajstić information content (AvgIpc) is 2.28. The highest BCUT2D eigenvalue weighted by molar-refractivity contribution is 14.1. The molecule has 0 aromatic heterocycles. The summed E-state index contributed by atoms with van der Waals surface area (Å²) in [7, 11) is 0. The van der Waals surface area contributed by atoms with Gasteiger partial charge in [0.1, 0.15) is 5.82 Å². The van der Waals surface area contributed by atoms with E-state index in [9.17, 15) is 9.18 Å². The van der Waals surface area contributed by atoms with Gasteiger partial charge in [-0.05, 0) is 65.1 Å². The lowest BCUT2D eigenvalue weighted by Gasteiger charge is -2.02. The van der Waals surface area contributed by atoms with Gasteiger partial charge in [-0.15, -0.1) is 0 Å². The molecule has 0 bridgehead atoms. The van der Waals surface area contributed by atoms with Gasteiger partial charge in [-0.2, -0.15) is 0 Å². The fourth-order valence-corrected chi connectivity index (χ4v) is 2.28. The summed E-state index contributed by atoms with van der Waals surface area (Å²) < 4.78 is 14.8. The van der Waals surface area contributed by atoms with Gasteiger partial charge in [0.05, 0.1) is 0 Å². The maximum Gasteiger partial charge on any atom is 0.193 e. The number of hydrogen-bond donors (Lipinski definition) is 0. The molecule has 1 nitrogen and oxygen atoms in total. The molecule has 0 saturated heterocycles. The third-order valence-corrected chi connectivity index (χ3v) is 3.41. The van der Waals surface area contributed by atoms with Crippen molar-refractivity contribution >= 4 is 44.3 Å². The van der Waals surface area contributed by atoms with Crippen molar-refractivity contribution in [2.45, 2.75) is 0 Å². The highest BCUT2D eigenvalue weighted by Gasteiger charge is 2.10. The maximum atomic E-state index is 13.2. The Morgan fingerprint density at radius 3 is 2.29 bits per heavy atom. The number of halogens is 3. The van der Waals surface area contributed by atoms with E-state index in [1.54, 1.807) is 18.2 Å². The zero-order valence-electron chi connectivity index (χ0n) is 8.58. The molecule has 2 aromatic carbocycles. The van der Waals surface area contributed by atoms with Gasteiger partial charge in [0.15, 0.2) is 5.78 Å². The highest BCUT2D eigenvalue weighted by Crippen LogP contribution is 2.18. The van der Waals surface area contributed by atoms with E-state index >= 15 is 0 Å². The van der Waals surface area contributed by atoms with Crippen LogP contribution in [0.3, 0.4) is 0 Å². The normalized spacial score (nSPS) is 10.3. The summed E-state index contributed by atoms with van der Waals surface area (Å²) in [5.41, 5.74) is 0.904. The summed E-state index contributed by atoms with van der Waals surface area (Å²) in [6.07, 6.45) is 0. The molecule has 17 heavy (non-hydrogen) atoms. The monoisotopic (exact) mass is 404 g/mol. The zero-order chi connectivity index (χ0) is 12.4. The van der Waals surface area contributed by atoms with Gasteiger partial charge in [0, 0.05) is 19.2 Å². The standard InChI is InChI=1S/C13H7BrFIO/c14-10-5-9(6-11(15)7-10)13(17)8-1-3-12(16)4-2-8/h1-7H. The summed E-state index contributed by atoms with van der Waals surface area (Å²) >= 11 is 5.34. The molecule has 4 heteroatoms. The van der Waals surface area contributed by atoms with Crippen molar-refractivity contribution in [1.82, 2.24) is 0 Å². The van der Waals surface area contributed by atoms with E-state index < -0.39 is 5.82 Å². The first-order valence-electron chi connectivity index (χ1n) is 4.82. The predicted molar refractivity (Wildman–Crippen MR) is 76.7 cm³/mol. The van der Waals surface area contributed by atoms with Crippen molar-refractivity contribution in [2.24, 2.45) is 0 Å².